The second kappa shape index (κ2) is 8.67. The van der Waals surface area contributed by atoms with Crippen LogP contribution in [0.1, 0.15) is 25.3 Å². The zero-order valence-electron chi connectivity index (χ0n) is 21.3. The largest absolute Gasteiger partial charge is 0.338 e. The summed E-state index contributed by atoms with van der Waals surface area (Å²) in [5, 5.41) is 5.18. The van der Waals surface area contributed by atoms with Gasteiger partial charge in [-0.3, -0.25) is 0 Å². The second-order valence-corrected chi connectivity index (χ2v) is 10.3. The molecule has 2 unspecified atom stereocenters. The van der Waals surface area contributed by atoms with Crippen LogP contribution in [0.3, 0.4) is 0 Å². The smallest absolute Gasteiger partial charge is 0.0630 e. The molecule has 2 nitrogen and oxygen atoms in total. The summed E-state index contributed by atoms with van der Waals surface area (Å²) in [7, 11) is 0. The Morgan fingerprint density at radius 3 is 2.16 bits per heavy atom. The highest BCUT2D eigenvalue weighted by molar-refractivity contribution is 6.14. The standard InChI is InChI=1S/C35H30N2/c1-24(2)36(34-23-25-13-6-7-16-27(25)28-17-8-9-18-29(28)34)32-21-12-22-33-35(32)30-19-10-11-20-31(30)37(33)26-14-4-3-5-15-26/h3-24,30-31H,1-2H3. The summed E-state index contributed by atoms with van der Waals surface area (Å²) in [5.41, 5.74) is 6.50. The molecule has 37 heavy (non-hydrogen) atoms. The fraction of sp³-hybridized carbons (Fsp3) is 0.143. The lowest BCUT2D eigenvalue weighted by Gasteiger charge is -2.33. The summed E-state index contributed by atoms with van der Waals surface area (Å²) < 4.78 is 0. The highest BCUT2D eigenvalue weighted by Crippen LogP contribution is 2.53. The van der Waals surface area contributed by atoms with E-state index in [0.29, 0.717) is 5.92 Å². The molecule has 7 rings (SSSR count). The lowest BCUT2D eigenvalue weighted by molar-refractivity contribution is 0.735. The lowest BCUT2D eigenvalue weighted by Crippen LogP contribution is -2.29. The van der Waals surface area contributed by atoms with E-state index in [1.165, 1.54) is 49.9 Å². The number of allylic oxidation sites excluding steroid dienone is 2. The van der Waals surface area contributed by atoms with E-state index in [9.17, 15) is 0 Å². The Hall–Kier alpha value is -4.30. The molecule has 5 aromatic rings. The highest BCUT2D eigenvalue weighted by Gasteiger charge is 2.40. The first-order chi connectivity index (χ1) is 18.2. The van der Waals surface area contributed by atoms with Crippen molar-refractivity contribution in [2.45, 2.75) is 31.8 Å². The van der Waals surface area contributed by atoms with Crippen LogP contribution in [0.2, 0.25) is 0 Å². The maximum atomic E-state index is 2.56. The molecule has 0 saturated heterocycles. The summed E-state index contributed by atoms with van der Waals surface area (Å²) in [6, 6.07) is 38.2. The number of anilines is 4. The van der Waals surface area contributed by atoms with Crippen molar-refractivity contribution >= 4 is 44.3 Å². The van der Waals surface area contributed by atoms with Gasteiger partial charge in [0.15, 0.2) is 0 Å². The minimum Gasteiger partial charge on any atom is -0.338 e. The van der Waals surface area contributed by atoms with Crippen LogP contribution in [-0.4, -0.2) is 12.1 Å². The first kappa shape index (κ1) is 21.9. The van der Waals surface area contributed by atoms with E-state index >= 15 is 0 Å². The molecular weight excluding hydrogens is 448 g/mol. The molecule has 0 radical (unpaired) electrons. The zero-order chi connectivity index (χ0) is 24.9. The number of hydrogen-bond acceptors (Lipinski definition) is 2. The van der Waals surface area contributed by atoms with E-state index in [4.69, 9.17) is 0 Å². The first-order valence-corrected chi connectivity index (χ1v) is 13.2. The topological polar surface area (TPSA) is 6.48 Å². The van der Waals surface area contributed by atoms with Gasteiger partial charge < -0.3 is 9.80 Å². The van der Waals surface area contributed by atoms with Crippen LogP contribution in [0.15, 0.2) is 127 Å². The lowest BCUT2D eigenvalue weighted by atomic mass is 9.89. The molecule has 0 fully saturated rings. The molecule has 1 aliphatic heterocycles. The maximum Gasteiger partial charge on any atom is 0.0630 e. The van der Waals surface area contributed by atoms with Gasteiger partial charge >= 0.3 is 0 Å². The Labute approximate surface area is 218 Å². The second-order valence-electron chi connectivity index (χ2n) is 10.3. The van der Waals surface area contributed by atoms with Gasteiger partial charge in [-0.15, -0.1) is 0 Å². The third-order valence-corrected chi connectivity index (χ3v) is 7.87. The van der Waals surface area contributed by atoms with Gasteiger partial charge in [-0.1, -0.05) is 97.1 Å². The molecule has 0 bridgehead atoms. The Balaban J connectivity index is 1.49. The van der Waals surface area contributed by atoms with Crippen LogP contribution in [0.25, 0.3) is 21.5 Å². The monoisotopic (exact) mass is 478 g/mol. The SMILES string of the molecule is CC(C)N(c1cccc2c1C1C=CC=CC1N2c1ccccc1)c1cc2ccccc2c2ccccc12. The third-order valence-electron chi connectivity index (χ3n) is 7.87. The maximum absolute atomic E-state index is 2.56. The molecule has 0 saturated carbocycles. The van der Waals surface area contributed by atoms with E-state index in [2.05, 4.69) is 151 Å². The molecule has 2 atom stereocenters. The normalized spacial score (nSPS) is 18.0. The molecule has 2 heteroatoms. The van der Waals surface area contributed by atoms with E-state index in [-0.39, 0.29) is 12.1 Å². The van der Waals surface area contributed by atoms with E-state index in [0.717, 1.165) is 0 Å². The van der Waals surface area contributed by atoms with E-state index in [1.807, 2.05) is 0 Å². The Kier molecular flexibility index (Phi) is 5.14. The van der Waals surface area contributed by atoms with Crippen molar-refractivity contribution < 1.29 is 0 Å². The molecule has 0 spiro atoms. The van der Waals surface area contributed by atoms with E-state index in [1.54, 1.807) is 0 Å². The van der Waals surface area contributed by atoms with Crippen molar-refractivity contribution in [2.75, 3.05) is 9.80 Å². The van der Waals surface area contributed by atoms with Crippen LogP contribution < -0.4 is 9.80 Å². The molecule has 180 valence electrons. The zero-order valence-corrected chi connectivity index (χ0v) is 21.3. The Bertz CT molecular complexity index is 1680. The molecule has 0 amide bonds. The molecule has 0 N–H and O–H groups in total. The van der Waals surface area contributed by atoms with Crippen LogP contribution >= 0.6 is 0 Å². The number of nitrogens with zero attached hydrogens (tertiary/aromatic N) is 2. The minimum absolute atomic E-state index is 0.269. The number of hydrogen-bond donors (Lipinski definition) is 0. The van der Waals surface area contributed by atoms with Gasteiger partial charge in [0.25, 0.3) is 0 Å². The molecular formula is C35H30N2. The van der Waals surface area contributed by atoms with Gasteiger partial charge in [0, 0.05) is 45.7 Å². The average Bonchev–Trinajstić information content (AvgIpc) is 3.29. The van der Waals surface area contributed by atoms with Gasteiger partial charge in [-0.25, -0.2) is 0 Å². The molecule has 1 heterocycles. The first-order valence-electron chi connectivity index (χ1n) is 13.2. The Morgan fingerprint density at radius 2 is 1.35 bits per heavy atom. The van der Waals surface area contributed by atoms with Crippen molar-refractivity contribution in [3.8, 4) is 0 Å². The summed E-state index contributed by atoms with van der Waals surface area (Å²) in [4.78, 5) is 5.08. The number of rotatable bonds is 4. The fourth-order valence-corrected chi connectivity index (χ4v) is 6.39. The summed E-state index contributed by atoms with van der Waals surface area (Å²) in [6.07, 6.45) is 9.14. The summed E-state index contributed by atoms with van der Waals surface area (Å²) >= 11 is 0. The Morgan fingerprint density at radius 1 is 0.649 bits per heavy atom. The minimum atomic E-state index is 0.269. The van der Waals surface area contributed by atoms with Crippen molar-refractivity contribution in [3.63, 3.8) is 0 Å². The third kappa shape index (κ3) is 3.40. The molecule has 0 aromatic heterocycles. The number of para-hydroxylation sites is 1. The van der Waals surface area contributed by atoms with Gasteiger partial charge in [-0.05, 0) is 60.3 Å². The summed E-state index contributed by atoms with van der Waals surface area (Å²) in [6.45, 7) is 4.61. The van der Waals surface area contributed by atoms with Crippen LogP contribution in [0.4, 0.5) is 22.7 Å². The highest BCUT2D eigenvalue weighted by atomic mass is 15.2. The molecule has 5 aromatic carbocycles. The number of benzene rings is 5. The van der Waals surface area contributed by atoms with Crippen molar-refractivity contribution in [2.24, 2.45) is 0 Å². The van der Waals surface area contributed by atoms with Gasteiger partial charge in [-0.2, -0.15) is 0 Å². The van der Waals surface area contributed by atoms with Crippen molar-refractivity contribution in [3.05, 3.63) is 133 Å². The molecule has 2 aliphatic rings. The van der Waals surface area contributed by atoms with E-state index < -0.39 is 0 Å². The predicted molar refractivity (Wildman–Crippen MR) is 159 cm³/mol. The predicted octanol–water partition coefficient (Wildman–Crippen LogP) is 9.27. The molecule has 1 aliphatic carbocycles. The van der Waals surface area contributed by atoms with Gasteiger partial charge in [0.05, 0.1) is 6.04 Å². The fourth-order valence-electron chi connectivity index (χ4n) is 6.39. The van der Waals surface area contributed by atoms with Gasteiger partial charge in [0.1, 0.15) is 0 Å². The summed E-state index contributed by atoms with van der Waals surface area (Å²) in [5.74, 6) is 0.296. The van der Waals surface area contributed by atoms with Crippen LogP contribution in [0.5, 0.6) is 0 Å². The van der Waals surface area contributed by atoms with Crippen molar-refractivity contribution in [1.29, 1.82) is 0 Å². The van der Waals surface area contributed by atoms with Crippen LogP contribution in [0, 0.1) is 0 Å². The average molecular weight is 479 g/mol. The quantitative estimate of drug-likeness (QED) is 0.237. The van der Waals surface area contributed by atoms with Crippen molar-refractivity contribution in [1.82, 2.24) is 0 Å². The van der Waals surface area contributed by atoms with Gasteiger partial charge in [0.2, 0.25) is 0 Å². The van der Waals surface area contributed by atoms with Crippen LogP contribution in [-0.2, 0) is 0 Å². The number of fused-ring (bicyclic) bond motifs is 6.